The number of hydrogen-bond acceptors (Lipinski definition) is 1. The van der Waals surface area contributed by atoms with Gasteiger partial charge in [-0.25, -0.2) is 0 Å². The van der Waals surface area contributed by atoms with Gasteiger partial charge in [-0.3, -0.25) is 0 Å². The van der Waals surface area contributed by atoms with Gasteiger partial charge in [0.2, 0.25) is 0 Å². The van der Waals surface area contributed by atoms with Crippen LogP contribution in [0.5, 0.6) is 0 Å². The van der Waals surface area contributed by atoms with Gasteiger partial charge in [-0.05, 0) is 78.7 Å². The van der Waals surface area contributed by atoms with E-state index in [2.05, 4.69) is 168 Å². The van der Waals surface area contributed by atoms with Crippen LogP contribution in [-0.2, 0) is 0 Å². The third kappa shape index (κ3) is 4.17. The summed E-state index contributed by atoms with van der Waals surface area (Å²) in [7, 11) is 0. The van der Waals surface area contributed by atoms with Crippen LogP contribution in [0.15, 0.2) is 152 Å². The van der Waals surface area contributed by atoms with E-state index in [9.17, 15) is 0 Å². The van der Waals surface area contributed by atoms with E-state index in [4.69, 9.17) is 0 Å². The number of hydrogen-bond donors (Lipinski definition) is 0. The van der Waals surface area contributed by atoms with Crippen LogP contribution in [0.1, 0.15) is 5.56 Å². The predicted octanol–water partition coefficient (Wildman–Crippen LogP) is 10.2. The molecule has 0 unspecified atom stereocenters. The average Bonchev–Trinajstić information content (AvgIpc) is 3.33. The Labute approximate surface area is 229 Å². The van der Waals surface area contributed by atoms with Crippen molar-refractivity contribution in [3.05, 3.63) is 157 Å². The summed E-state index contributed by atoms with van der Waals surface area (Å²) in [5.41, 5.74) is 10.7. The fraction of sp³-hybridized carbons (Fsp3) is 0.0270. The van der Waals surface area contributed by atoms with Crippen molar-refractivity contribution >= 4 is 38.9 Å². The Kier molecular flexibility index (Phi) is 5.71. The van der Waals surface area contributed by atoms with E-state index in [1.165, 1.54) is 44.2 Å². The molecule has 1 aromatic heterocycles. The summed E-state index contributed by atoms with van der Waals surface area (Å²) in [6.45, 7) is 2.13. The minimum Gasteiger partial charge on any atom is -0.310 e. The highest BCUT2D eigenvalue weighted by atomic mass is 15.1. The Morgan fingerprint density at radius 3 is 1.69 bits per heavy atom. The highest BCUT2D eigenvalue weighted by molar-refractivity contribution is 6.10. The maximum Gasteiger partial charge on any atom is 0.0542 e. The zero-order valence-electron chi connectivity index (χ0n) is 21.8. The molecule has 39 heavy (non-hydrogen) atoms. The zero-order chi connectivity index (χ0) is 26.2. The molecule has 7 rings (SSSR count). The molecule has 0 spiro atoms. The number of para-hydroxylation sites is 2. The summed E-state index contributed by atoms with van der Waals surface area (Å²) in [6, 6.07) is 54.3. The fourth-order valence-electron chi connectivity index (χ4n) is 5.53. The molecule has 1 heterocycles. The van der Waals surface area contributed by atoms with Crippen LogP contribution in [-0.4, -0.2) is 4.57 Å². The van der Waals surface area contributed by atoms with Gasteiger partial charge in [0, 0.05) is 33.5 Å². The largest absolute Gasteiger partial charge is 0.310 e. The second-order valence-corrected chi connectivity index (χ2v) is 9.97. The molecule has 7 aromatic rings. The number of benzene rings is 6. The molecule has 0 fully saturated rings. The van der Waals surface area contributed by atoms with Gasteiger partial charge in [-0.15, -0.1) is 0 Å². The van der Waals surface area contributed by atoms with Gasteiger partial charge in [0.1, 0.15) is 0 Å². The van der Waals surface area contributed by atoms with Crippen LogP contribution in [0.25, 0.3) is 38.6 Å². The van der Waals surface area contributed by atoms with Gasteiger partial charge >= 0.3 is 0 Å². The molecule has 0 N–H and O–H groups in total. The summed E-state index contributed by atoms with van der Waals surface area (Å²) in [6.07, 6.45) is 0. The van der Waals surface area contributed by atoms with Gasteiger partial charge in [-0.1, -0.05) is 96.6 Å². The Morgan fingerprint density at radius 1 is 0.436 bits per heavy atom. The van der Waals surface area contributed by atoms with Gasteiger partial charge in [-0.2, -0.15) is 0 Å². The molecule has 6 aromatic carbocycles. The van der Waals surface area contributed by atoms with Gasteiger partial charge in [0.15, 0.2) is 0 Å². The molecular weight excluding hydrogens is 472 g/mol. The number of nitrogens with zero attached hydrogens (tertiary/aromatic N) is 2. The molecular formula is C37H28N2. The number of fused-ring (bicyclic) bond motifs is 3. The monoisotopic (exact) mass is 500 g/mol. The number of rotatable bonds is 5. The highest BCUT2D eigenvalue weighted by Crippen LogP contribution is 2.40. The third-order valence-electron chi connectivity index (χ3n) is 7.45. The second kappa shape index (κ2) is 9.66. The van der Waals surface area contributed by atoms with Crippen molar-refractivity contribution in [2.45, 2.75) is 6.92 Å². The van der Waals surface area contributed by atoms with Crippen molar-refractivity contribution in [2.75, 3.05) is 4.90 Å². The van der Waals surface area contributed by atoms with Crippen molar-refractivity contribution < 1.29 is 0 Å². The van der Waals surface area contributed by atoms with Crippen molar-refractivity contribution in [3.63, 3.8) is 0 Å². The Bertz CT molecular complexity index is 1880. The molecule has 0 aliphatic rings. The Hall–Kier alpha value is -5.08. The lowest BCUT2D eigenvalue weighted by atomic mass is 10.0. The number of aryl methyl sites for hydroxylation is 1. The van der Waals surface area contributed by atoms with Crippen LogP contribution in [0, 0.1) is 6.92 Å². The van der Waals surface area contributed by atoms with E-state index < -0.39 is 0 Å². The summed E-state index contributed by atoms with van der Waals surface area (Å²) in [5.74, 6) is 0. The molecule has 0 saturated carbocycles. The van der Waals surface area contributed by atoms with Crippen LogP contribution in [0.2, 0.25) is 0 Å². The number of aromatic nitrogens is 1. The smallest absolute Gasteiger partial charge is 0.0542 e. The first-order valence-electron chi connectivity index (χ1n) is 13.4. The standard InChI is InChI=1S/C37H28N2/c1-27-16-20-31(21-17-27)38(32-22-18-29(19-23-32)28-10-4-2-5-11-28)33-24-25-37-35(26-33)34-14-8-9-15-36(34)39(37)30-12-6-3-7-13-30/h2-26H,1H3. The normalized spacial score (nSPS) is 11.2. The molecule has 0 aliphatic heterocycles. The topological polar surface area (TPSA) is 8.17 Å². The minimum absolute atomic E-state index is 1.13. The van der Waals surface area contributed by atoms with Crippen molar-refractivity contribution in [1.29, 1.82) is 0 Å². The van der Waals surface area contributed by atoms with Gasteiger partial charge < -0.3 is 9.47 Å². The summed E-state index contributed by atoms with van der Waals surface area (Å²) in [5, 5.41) is 2.49. The molecule has 2 heteroatoms. The van der Waals surface area contributed by atoms with E-state index in [-0.39, 0.29) is 0 Å². The minimum atomic E-state index is 1.13. The molecule has 0 radical (unpaired) electrons. The average molecular weight is 501 g/mol. The van der Waals surface area contributed by atoms with E-state index in [0.29, 0.717) is 0 Å². The van der Waals surface area contributed by atoms with E-state index in [1.807, 2.05) is 0 Å². The second-order valence-electron chi connectivity index (χ2n) is 9.97. The first kappa shape index (κ1) is 23.1. The summed E-state index contributed by atoms with van der Waals surface area (Å²) in [4.78, 5) is 2.35. The van der Waals surface area contributed by atoms with Crippen molar-refractivity contribution in [1.82, 2.24) is 4.57 Å². The van der Waals surface area contributed by atoms with E-state index >= 15 is 0 Å². The first-order chi connectivity index (χ1) is 19.3. The van der Waals surface area contributed by atoms with Crippen molar-refractivity contribution in [3.8, 4) is 16.8 Å². The Morgan fingerprint density at radius 2 is 0.974 bits per heavy atom. The molecule has 186 valence electrons. The first-order valence-corrected chi connectivity index (χ1v) is 13.4. The zero-order valence-corrected chi connectivity index (χ0v) is 21.8. The summed E-state index contributed by atoms with van der Waals surface area (Å²) < 4.78 is 2.36. The van der Waals surface area contributed by atoms with Crippen LogP contribution in [0.3, 0.4) is 0 Å². The lowest BCUT2D eigenvalue weighted by Crippen LogP contribution is -2.10. The maximum absolute atomic E-state index is 2.36. The lowest BCUT2D eigenvalue weighted by molar-refractivity contribution is 1.18. The number of anilines is 3. The molecule has 0 aliphatic carbocycles. The van der Waals surface area contributed by atoms with E-state index in [1.54, 1.807) is 0 Å². The van der Waals surface area contributed by atoms with Crippen LogP contribution >= 0.6 is 0 Å². The lowest BCUT2D eigenvalue weighted by Gasteiger charge is -2.26. The molecule has 2 nitrogen and oxygen atoms in total. The molecule has 0 atom stereocenters. The Balaban J connectivity index is 1.41. The van der Waals surface area contributed by atoms with Crippen LogP contribution in [0.4, 0.5) is 17.1 Å². The molecule has 0 amide bonds. The van der Waals surface area contributed by atoms with Gasteiger partial charge in [0.05, 0.1) is 11.0 Å². The van der Waals surface area contributed by atoms with Crippen molar-refractivity contribution in [2.24, 2.45) is 0 Å². The molecule has 0 saturated heterocycles. The predicted molar refractivity (Wildman–Crippen MR) is 166 cm³/mol. The highest BCUT2D eigenvalue weighted by Gasteiger charge is 2.17. The third-order valence-corrected chi connectivity index (χ3v) is 7.45. The van der Waals surface area contributed by atoms with E-state index in [0.717, 1.165) is 17.1 Å². The van der Waals surface area contributed by atoms with Crippen LogP contribution < -0.4 is 4.90 Å². The SMILES string of the molecule is Cc1ccc(N(c2ccc(-c3ccccc3)cc2)c2ccc3c(c2)c2ccccc2n3-c2ccccc2)cc1. The maximum atomic E-state index is 2.36. The quantitative estimate of drug-likeness (QED) is 0.228. The molecule has 0 bridgehead atoms. The fourth-order valence-corrected chi connectivity index (χ4v) is 5.53. The summed E-state index contributed by atoms with van der Waals surface area (Å²) >= 11 is 0. The van der Waals surface area contributed by atoms with Gasteiger partial charge in [0.25, 0.3) is 0 Å².